The van der Waals surface area contributed by atoms with Crippen molar-refractivity contribution in [2.24, 2.45) is 0 Å². The molecule has 7 nitrogen and oxygen atoms in total. The Morgan fingerprint density at radius 3 is 2.20 bits per heavy atom. The zero-order valence-electron chi connectivity index (χ0n) is 12.5. The molecule has 0 radical (unpaired) electrons. The lowest BCUT2D eigenvalue weighted by atomic mass is 10.3. The first kappa shape index (κ1) is 18.2. The maximum atomic E-state index is 11.7. The van der Waals surface area contributed by atoms with Crippen LogP contribution in [0.5, 0.6) is 0 Å². The van der Waals surface area contributed by atoms with E-state index >= 15 is 0 Å². The van der Waals surface area contributed by atoms with Crippen LogP contribution in [0, 0.1) is 0 Å². The predicted octanol–water partition coefficient (Wildman–Crippen LogP) is 0.751. The number of nitrogens with one attached hydrogen (secondary N) is 1. The zero-order valence-corrected chi connectivity index (χ0v) is 12.5. The quantitative estimate of drug-likeness (QED) is 0.655. The number of carboxylic acid groups (broad SMARTS) is 1. The maximum absolute atomic E-state index is 11.7. The predicted molar refractivity (Wildman–Crippen MR) is 75.4 cm³/mol. The molecule has 0 aliphatic carbocycles. The average molecular weight is 287 g/mol. The fraction of sp³-hybridized carbons (Fsp3) is 0.769. The maximum Gasteiger partial charge on any atom is 0.317 e. The molecule has 0 fully saturated rings. The molecule has 0 aliphatic heterocycles. The molecule has 0 heterocycles. The van der Waals surface area contributed by atoms with Crippen molar-refractivity contribution < 1.29 is 19.5 Å². The number of hydrogen-bond acceptors (Lipinski definition) is 3. The number of carbonyl (C=O) groups excluding carboxylic acids is 2. The third-order valence-corrected chi connectivity index (χ3v) is 2.96. The lowest BCUT2D eigenvalue weighted by Crippen LogP contribution is -2.40. The highest BCUT2D eigenvalue weighted by Gasteiger charge is 2.12. The number of hydrogen-bond donors (Lipinski definition) is 2. The van der Waals surface area contributed by atoms with E-state index in [1.807, 2.05) is 13.8 Å². The van der Waals surface area contributed by atoms with E-state index in [0.29, 0.717) is 26.1 Å². The molecule has 0 saturated heterocycles. The van der Waals surface area contributed by atoms with Gasteiger partial charge in [0, 0.05) is 46.1 Å². The first-order chi connectivity index (χ1) is 9.42. The van der Waals surface area contributed by atoms with Crippen molar-refractivity contribution in [3.05, 3.63) is 0 Å². The largest absolute Gasteiger partial charge is 0.481 e. The van der Waals surface area contributed by atoms with Gasteiger partial charge in [-0.15, -0.1) is 0 Å². The normalized spacial score (nSPS) is 9.95. The monoisotopic (exact) mass is 287 g/mol. The van der Waals surface area contributed by atoms with Gasteiger partial charge in [0.1, 0.15) is 0 Å². The highest BCUT2D eigenvalue weighted by molar-refractivity contribution is 5.78. The molecular weight excluding hydrogens is 262 g/mol. The van der Waals surface area contributed by atoms with Crippen molar-refractivity contribution in [3.8, 4) is 0 Å². The summed E-state index contributed by atoms with van der Waals surface area (Å²) in [7, 11) is 1.60. The van der Waals surface area contributed by atoms with Gasteiger partial charge in [-0.25, -0.2) is 4.79 Å². The smallest absolute Gasteiger partial charge is 0.317 e. The molecule has 0 rings (SSSR count). The molecule has 20 heavy (non-hydrogen) atoms. The second kappa shape index (κ2) is 10.1. The summed E-state index contributed by atoms with van der Waals surface area (Å²) in [6.45, 7) is 5.82. The molecule has 0 bridgehead atoms. The fourth-order valence-electron chi connectivity index (χ4n) is 1.71. The molecule has 0 saturated carbocycles. The highest BCUT2D eigenvalue weighted by Crippen LogP contribution is 1.95. The highest BCUT2D eigenvalue weighted by atomic mass is 16.4. The van der Waals surface area contributed by atoms with E-state index in [-0.39, 0.29) is 31.3 Å². The molecule has 0 aromatic heterocycles. The Hall–Kier alpha value is -1.79. The van der Waals surface area contributed by atoms with Crippen LogP contribution >= 0.6 is 0 Å². The van der Waals surface area contributed by atoms with Crippen LogP contribution in [-0.2, 0) is 9.59 Å². The number of amides is 3. The number of nitrogens with zero attached hydrogens (tertiary/aromatic N) is 2. The van der Waals surface area contributed by atoms with E-state index in [1.54, 1.807) is 11.9 Å². The van der Waals surface area contributed by atoms with E-state index in [9.17, 15) is 14.4 Å². The van der Waals surface area contributed by atoms with Gasteiger partial charge in [-0.05, 0) is 20.3 Å². The second-order valence-electron chi connectivity index (χ2n) is 4.47. The van der Waals surface area contributed by atoms with Crippen LogP contribution < -0.4 is 5.32 Å². The van der Waals surface area contributed by atoms with Crippen molar-refractivity contribution in [1.29, 1.82) is 0 Å². The van der Waals surface area contributed by atoms with Gasteiger partial charge in [-0.1, -0.05) is 0 Å². The number of urea groups is 1. The van der Waals surface area contributed by atoms with Crippen molar-refractivity contribution in [2.45, 2.75) is 33.1 Å². The summed E-state index contributed by atoms with van der Waals surface area (Å²) in [6.07, 6.45) is 0.728. The topological polar surface area (TPSA) is 90.0 Å². The van der Waals surface area contributed by atoms with Crippen molar-refractivity contribution in [1.82, 2.24) is 15.1 Å². The van der Waals surface area contributed by atoms with E-state index in [4.69, 9.17) is 5.11 Å². The Morgan fingerprint density at radius 2 is 1.70 bits per heavy atom. The molecule has 0 unspecified atom stereocenters. The molecule has 2 N–H and O–H groups in total. The van der Waals surface area contributed by atoms with E-state index in [1.165, 1.54) is 4.90 Å². The molecule has 0 aliphatic rings. The van der Waals surface area contributed by atoms with E-state index < -0.39 is 5.97 Å². The minimum atomic E-state index is -0.872. The molecule has 0 atom stereocenters. The van der Waals surface area contributed by atoms with Crippen LogP contribution in [0.2, 0.25) is 0 Å². The van der Waals surface area contributed by atoms with Crippen LogP contribution in [0.3, 0.4) is 0 Å². The lowest BCUT2D eigenvalue weighted by molar-refractivity contribution is -0.137. The van der Waals surface area contributed by atoms with Gasteiger partial charge in [0.25, 0.3) is 0 Å². The number of carbonyl (C=O) groups is 3. The van der Waals surface area contributed by atoms with Crippen LogP contribution in [0.25, 0.3) is 0 Å². The first-order valence-corrected chi connectivity index (χ1v) is 6.90. The first-order valence-electron chi connectivity index (χ1n) is 6.90. The van der Waals surface area contributed by atoms with E-state index in [0.717, 1.165) is 0 Å². The third-order valence-electron chi connectivity index (χ3n) is 2.96. The molecular formula is C13H25N3O4. The lowest BCUT2D eigenvalue weighted by Gasteiger charge is -2.20. The Bertz CT molecular complexity index is 330. The van der Waals surface area contributed by atoms with Crippen molar-refractivity contribution in [3.63, 3.8) is 0 Å². The molecule has 0 aromatic rings. The number of carboxylic acids is 1. The van der Waals surface area contributed by atoms with E-state index in [2.05, 4.69) is 5.32 Å². The van der Waals surface area contributed by atoms with Crippen LogP contribution in [-0.4, -0.2) is 66.0 Å². The van der Waals surface area contributed by atoms with Gasteiger partial charge < -0.3 is 20.2 Å². The standard InChI is InChI=1S/C13H25N3O4/c1-4-16(5-2)11(17)8-9-14-13(20)15(3)10-6-7-12(18)19/h4-10H2,1-3H3,(H,14,20)(H,18,19). The summed E-state index contributed by atoms with van der Waals surface area (Å²) >= 11 is 0. The molecule has 3 amide bonds. The summed E-state index contributed by atoms with van der Waals surface area (Å²) in [5, 5.41) is 11.2. The molecule has 7 heteroatoms. The van der Waals surface area contributed by atoms with Crippen LogP contribution in [0.15, 0.2) is 0 Å². The van der Waals surface area contributed by atoms with Crippen molar-refractivity contribution in [2.75, 3.05) is 33.2 Å². The van der Waals surface area contributed by atoms with Crippen LogP contribution in [0.4, 0.5) is 4.79 Å². The summed E-state index contributed by atoms with van der Waals surface area (Å²) in [5.41, 5.74) is 0. The van der Waals surface area contributed by atoms with Gasteiger partial charge >= 0.3 is 12.0 Å². The summed E-state index contributed by atoms with van der Waals surface area (Å²) < 4.78 is 0. The summed E-state index contributed by atoms with van der Waals surface area (Å²) in [5.74, 6) is -0.854. The molecule has 0 aromatic carbocycles. The van der Waals surface area contributed by atoms with Gasteiger partial charge in [-0.2, -0.15) is 0 Å². The Kier molecular flexibility index (Phi) is 9.15. The Balaban J connectivity index is 3.86. The average Bonchev–Trinajstić information content (AvgIpc) is 2.39. The van der Waals surface area contributed by atoms with Gasteiger partial charge in [0.15, 0.2) is 0 Å². The summed E-state index contributed by atoms with van der Waals surface area (Å²) in [4.78, 5) is 36.8. The molecule has 0 spiro atoms. The SMILES string of the molecule is CCN(CC)C(=O)CCNC(=O)N(C)CCCC(=O)O. The zero-order chi connectivity index (χ0) is 15.5. The van der Waals surface area contributed by atoms with Gasteiger partial charge in [-0.3, -0.25) is 9.59 Å². The van der Waals surface area contributed by atoms with Gasteiger partial charge in [0.2, 0.25) is 5.91 Å². The van der Waals surface area contributed by atoms with Gasteiger partial charge in [0.05, 0.1) is 0 Å². The Morgan fingerprint density at radius 1 is 1.10 bits per heavy atom. The second-order valence-corrected chi connectivity index (χ2v) is 4.47. The fourth-order valence-corrected chi connectivity index (χ4v) is 1.71. The third kappa shape index (κ3) is 7.60. The van der Waals surface area contributed by atoms with Crippen LogP contribution in [0.1, 0.15) is 33.1 Å². The minimum absolute atomic E-state index is 0.0174. The van der Waals surface area contributed by atoms with Crippen molar-refractivity contribution >= 4 is 17.9 Å². The Labute approximate surface area is 119 Å². The number of rotatable bonds is 9. The molecule has 116 valence electrons. The number of aliphatic carboxylic acids is 1. The summed E-state index contributed by atoms with van der Waals surface area (Å²) in [6, 6.07) is -0.289. The minimum Gasteiger partial charge on any atom is -0.481 e.